The number of alkyl halides is 2. The lowest BCUT2D eigenvalue weighted by molar-refractivity contribution is 0.0806. The number of aryl methyl sites for hydroxylation is 1. The maximum absolute atomic E-state index is 12.6. The molecule has 1 aromatic carbocycles. The van der Waals surface area contributed by atoms with Gasteiger partial charge in [-0.1, -0.05) is 6.07 Å². The molecular formula is C12H12F2N4O2. The highest BCUT2D eigenvalue weighted by Crippen LogP contribution is 2.28. The van der Waals surface area contributed by atoms with Crippen LogP contribution in [0.1, 0.15) is 6.92 Å². The van der Waals surface area contributed by atoms with Crippen LogP contribution in [-0.2, 0) is 11.4 Å². The topological polar surface area (TPSA) is 62.3 Å². The van der Waals surface area contributed by atoms with E-state index >= 15 is 0 Å². The second-order valence-electron chi connectivity index (χ2n) is 4.21. The number of allylic oxidation sites excluding steroid dienone is 1. The van der Waals surface area contributed by atoms with Crippen LogP contribution in [0.5, 0.6) is 0 Å². The quantitative estimate of drug-likeness (QED) is 0.899. The first-order valence-electron chi connectivity index (χ1n) is 6.06. The Kier molecular flexibility index (Phi) is 2.85. The molecule has 0 radical (unpaired) electrons. The Balaban J connectivity index is 2.07. The molecule has 106 valence electrons. The van der Waals surface area contributed by atoms with Crippen molar-refractivity contribution in [3.05, 3.63) is 40.6 Å². The third kappa shape index (κ3) is 1.80. The first-order chi connectivity index (χ1) is 9.61. The van der Waals surface area contributed by atoms with Crippen molar-refractivity contribution in [2.75, 3.05) is 5.17 Å². The van der Waals surface area contributed by atoms with E-state index in [0.717, 1.165) is 11.4 Å². The maximum Gasteiger partial charge on any atom is 0.326 e. The molecule has 0 atom stereocenters. The number of rotatable bonds is 3. The van der Waals surface area contributed by atoms with E-state index in [2.05, 4.69) is 10.4 Å². The average molecular weight is 282 g/mol. The number of para-hydroxylation sites is 1. The summed E-state index contributed by atoms with van der Waals surface area (Å²) in [5, 5.41) is 1.11. The van der Waals surface area contributed by atoms with Gasteiger partial charge in [-0.05, 0) is 19.1 Å². The maximum atomic E-state index is 12.6. The van der Waals surface area contributed by atoms with Gasteiger partial charge in [0.05, 0.1) is 17.2 Å². The predicted octanol–water partition coefficient (Wildman–Crippen LogP) is 1.71. The molecule has 0 aliphatic carbocycles. The first-order valence-corrected chi connectivity index (χ1v) is 6.06. The number of nitrogens with one attached hydrogen (secondary N) is 2. The minimum atomic E-state index is -2.70. The Morgan fingerprint density at radius 1 is 1.40 bits per heavy atom. The fourth-order valence-corrected chi connectivity index (χ4v) is 2.17. The van der Waals surface area contributed by atoms with Crippen molar-refractivity contribution in [1.82, 2.24) is 15.0 Å². The fourth-order valence-electron chi connectivity index (χ4n) is 2.17. The molecular weight excluding hydrogens is 270 g/mol. The number of benzene rings is 1. The summed E-state index contributed by atoms with van der Waals surface area (Å²) in [6.45, 7) is 2.28. The van der Waals surface area contributed by atoms with Gasteiger partial charge in [-0.3, -0.25) is 9.99 Å². The second kappa shape index (κ2) is 4.55. The van der Waals surface area contributed by atoms with E-state index in [9.17, 15) is 13.6 Å². The zero-order valence-electron chi connectivity index (χ0n) is 10.6. The standard InChI is InChI=1S/C12H12F2N4O2/c1-2-17-10-7(16-12(17)19)4-3-5-8(10)18-15-6-9(20-18)11(13)14/h3-6,11,15H,2H2,1H3,(H,16,19). The predicted molar refractivity (Wildman–Crippen MR) is 69.0 cm³/mol. The van der Waals surface area contributed by atoms with E-state index in [1.807, 2.05) is 6.92 Å². The van der Waals surface area contributed by atoms with E-state index in [1.54, 1.807) is 18.2 Å². The molecule has 20 heavy (non-hydrogen) atoms. The molecule has 0 saturated carbocycles. The number of imidazole rings is 1. The van der Waals surface area contributed by atoms with Crippen LogP contribution < -0.4 is 16.3 Å². The molecule has 2 N–H and O–H groups in total. The molecule has 0 saturated heterocycles. The smallest absolute Gasteiger partial charge is 0.326 e. The number of anilines is 1. The van der Waals surface area contributed by atoms with Crippen LogP contribution in [-0.4, -0.2) is 16.0 Å². The molecule has 0 unspecified atom stereocenters. The number of hydrogen-bond acceptors (Lipinski definition) is 4. The van der Waals surface area contributed by atoms with Crippen LogP contribution in [0.4, 0.5) is 14.5 Å². The van der Waals surface area contributed by atoms with Crippen molar-refractivity contribution in [3.63, 3.8) is 0 Å². The number of hydrazine groups is 1. The molecule has 3 rings (SSSR count). The summed E-state index contributed by atoms with van der Waals surface area (Å²) in [6, 6.07) is 5.12. The van der Waals surface area contributed by atoms with Crippen molar-refractivity contribution < 1.29 is 13.6 Å². The van der Waals surface area contributed by atoms with Crippen LogP contribution in [0.15, 0.2) is 35.0 Å². The summed E-state index contributed by atoms with van der Waals surface area (Å²) in [4.78, 5) is 19.5. The third-order valence-electron chi connectivity index (χ3n) is 3.04. The SMILES string of the molecule is CCn1c(=O)[nH]c2cccc(N3NC=C(C(F)F)O3)c21. The van der Waals surface area contributed by atoms with E-state index in [1.165, 1.54) is 4.57 Å². The Labute approximate surface area is 112 Å². The van der Waals surface area contributed by atoms with Crippen molar-refractivity contribution in [2.45, 2.75) is 19.9 Å². The minimum Gasteiger partial charge on any atom is -0.356 e. The number of fused-ring (bicyclic) bond motifs is 1. The third-order valence-corrected chi connectivity index (χ3v) is 3.04. The highest BCUT2D eigenvalue weighted by Gasteiger charge is 2.25. The van der Waals surface area contributed by atoms with Gasteiger partial charge in [0.2, 0.25) is 5.76 Å². The van der Waals surface area contributed by atoms with E-state index in [-0.39, 0.29) is 5.69 Å². The van der Waals surface area contributed by atoms with Gasteiger partial charge in [0.25, 0.3) is 6.43 Å². The summed E-state index contributed by atoms with van der Waals surface area (Å²) in [7, 11) is 0. The number of H-pyrrole nitrogens is 1. The van der Waals surface area contributed by atoms with Gasteiger partial charge in [0, 0.05) is 6.54 Å². The lowest BCUT2D eigenvalue weighted by Crippen LogP contribution is -2.29. The van der Waals surface area contributed by atoms with Gasteiger partial charge < -0.3 is 9.82 Å². The molecule has 0 spiro atoms. The van der Waals surface area contributed by atoms with Gasteiger partial charge in [-0.25, -0.2) is 13.6 Å². The molecule has 8 heteroatoms. The number of nitrogens with zero attached hydrogens (tertiary/aromatic N) is 2. The first kappa shape index (κ1) is 12.5. The lowest BCUT2D eigenvalue weighted by atomic mass is 10.2. The Bertz CT molecular complexity index is 735. The number of hydrogen-bond donors (Lipinski definition) is 2. The lowest BCUT2D eigenvalue weighted by Gasteiger charge is -2.19. The van der Waals surface area contributed by atoms with Crippen molar-refractivity contribution >= 4 is 16.7 Å². The molecule has 1 aromatic heterocycles. The van der Waals surface area contributed by atoms with Crippen LogP contribution in [0.3, 0.4) is 0 Å². The zero-order chi connectivity index (χ0) is 14.3. The van der Waals surface area contributed by atoms with E-state index < -0.39 is 12.2 Å². The minimum absolute atomic E-state index is 0.254. The van der Waals surface area contributed by atoms with Crippen LogP contribution in [0, 0.1) is 0 Å². The highest BCUT2D eigenvalue weighted by molar-refractivity contribution is 5.88. The Morgan fingerprint density at radius 2 is 2.20 bits per heavy atom. The molecule has 0 bridgehead atoms. The normalized spacial score (nSPS) is 14.6. The molecule has 0 fully saturated rings. The molecule has 0 amide bonds. The van der Waals surface area contributed by atoms with Gasteiger partial charge in [-0.2, -0.15) is 0 Å². The van der Waals surface area contributed by atoms with Crippen LogP contribution >= 0.6 is 0 Å². The molecule has 2 aromatic rings. The van der Waals surface area contributed by atoms with Gasteiger partial charge in [0.15, 0.2) is 0 Å². The number of halogens is 2. The highest BCUT2D eigenvalue weighted by atomic mass is 19.3. The molecule has 2 heterocycles. The van der Waals surface area contributed by atoms with Crippen LogP contribution in [0.2, 0.25) is 0 Å². The molecule has 1 aliphatic rings. The Morgan fingerprint density at radius 3 is 2.85 bits per heavy atom. The summed E-state index contributed by atoms with van der Waals surface area (Å²) < 4.78 is 26.7. The van der Waals surface area contributed by atoms with Crippen molar-refractivity contribution in [3.8, 4) is 0 Å². The van der Waals surface area contributed by atoms with E-state index in [0.29, 0.717) is 23.3 Å². The summed E-state index contributed by atoms with van der Waals surface area (Å²) in [6.07, 6.45) is -1.61. The monoisotopic (exact) mass is 282 g/mol. The van der Waals surface area contributed by atoms with Gasteiger partial charge >= 0.3 is 5.69 Å². The number of aromatic nitrogens is 2. The molecule has 1 aliphatic heterocycles. The van der Waals surface area contributed by atoms with Crippen molar-refractivity contribution in [1.29, 1.82) is 0 Å². The molecule has 6 nitrogen and oxygen atoms in total. The summed E-state index contributed by atoms with van der Waals surface area (Å²) in [5.41, 5.74) is 4.03. The largest absolute Gasteiger partial charge is 0.356 e. The summed E-state index contributed by atoms with van der Waals surface area (Å²) in [5.74, 6) is -0.470. The Hall–Kier alpha value is -2.51. The van der Waals surface area contributed by atoms with Crippen molar-refractivity contribution in [2.24, 2.45) is 0 Å². The summed E-state index contributed by atoms with van der Waals surface area (Å²) >= 11 is 0. The zero-order valence-corrected chi connectivity index (χ0v) is 10.6. The van der Waals surface area contributed by atoms with Gasteiger partial charge in [-0.15, -0.1) is 5.17 Å². The van der Waals surface area contributed by atoms with Gasteiger partial charge in [0.1, 0.15) is 5.69 Å². The fraction of sp³-hybridized carbons (Fsp3) is 0.250. The second-order valence-corrected chi connectivity index (χ2v) is 4.21. The van der Waals surface area contributed by atoms with E-state index in [4.69, 9.17) is 4.84 Å². The van der Waals surface area contributed by atoms with Crippen LogP contribution in [0.25, 0.3) is 11.0 Å². The average Bonchev–Trinajstić information content (AvgIpc) is 3.01. The number of aromatic amines is 1.